The molecule has 1 atom stereocenters. The van der Waals surface area contributed by atoms with Crippen molar-refractivity contribution in [2.45, 2.75) is 10.6 Å². The van der Waals surface area contributed by atoms with Crippen molar-refractivity contribution in [3.63, 3.8) is 0 Å². The van der Waals surface area contributed by atoms with E-state index in [9.17, 15) is 22.8 Å². The quantitative estimate of drug-likeness (QED) is 0.135. The van der Waals surface area contributed by atoms with Gasteiger partial charge in [0.25, 0.3) is 10.1 Å². The number of hydrogen-bond donors (Lipinski definition) is 0. The highest BCUT2D eigenvalue weighted by atomic mass is 32.2. The monoisotopic (exact) mass is 606 g/mol. The van der Waals surface area contributed by atoms with Gasteiger partial charge in [-0.3, -0.25) is 0 Å². The van der Waals surface area contributed by atoms with Crippen LogP contribution in [0.4, 0.5) is 0 Å². The molecule has 0 saturated heterocycles. The lowest BCUT2D eigenvalue weighted by Gasteiger charge is -2.28. The third kappa shape index (κ3) is 6.91. The summed E-state index contributed by atoms with van der Waals surface area (Å²) in [5.41, 5.74) is 0.962. The SMILES string of the molecule is COC(=O)c1ccc(P(OS(=O)(=O)c2cc(C(=O)OC)cc(C(=O)OC)c2)C(c2ccccc2)c2ccccc2)cc1. The molecule has 0 radical (unpaired) electrons. The summed E-state index contributed by atoms with van der Waals surface area (Å²) in [6.07, 6.45) is 0. The van der Waals surface area contributed by atoms with E-state index in [-0.39, 0.29) is 16.7 Å². The van der Waals surface area contributed by atoms with Crippen molar-refractivity contribution in [2.24, 2.45) is 0 Å². The van der Waals surface area contributed by atoms with E-state index < -0.39 is 46.7 Å². The molecule has 0 amide bonds. The highest BCUT2D eigenvalue weighted by Gasteiger charge is 2.34. The molecule has 0 bridgehead atoms. The zero-order valence-corrected chi connectivity index (χ0v) is 24.6. The number of methoxy groups -OCH3 is 3. The van der Waals surface area contributed by atoms with E-state index in [1.807, 2.05) is 60.7 Å². The minimum absolute atomic E-state index is 0.169. The average molecular weight is 607 g/mol. The van der Waals surface area contributed by atoms with Crippen LogP contribution in [0.1, 0.15) is 47.9 Å². The lowest BCUT2D eigenvalue weighted by Crippen LogP contribution is -2.17. The molecule has 0 saturated carbocycles. The van der Waals surface area contributed by atoms with Crippen LogP contribution in [0.2, 0.25) is 0 Å². The molecule has 4 aromatic carbocycles. The van der Waals surface area contributed by atoms with E-state index in [1.54, 1.807) is 12.1 Å². The molecule has 0 N–H and O–H groups in total. The molecule has 1 unspecified atom stereocenters. The van der Waals surface area contributed by atoms with E-state index in [2.05, 4.69) is 0 Å². The Balaban J connectivity index is 1.90. The molecule has 9 nitrogen and oxygen atoms in total. The molecule has 0 aliphatic carbocycles. The van der Waals surface area contributed by atoms with Crippen LogP contribution >= 0.6 is 8.15 Å². The lowest BCUT2D eigenvalue weighted by molar-refractivity contribution is 0.0587. The van der Waals surface area contributed by atoms with Crippen molar-refractivity contribution in [2.75, 3.05) is 21.3 Å². The van der Waals surface area contributed by atoms with Crippen LogP contribution in [-0.2, 0) is 28.3 Å². The standard InChI is InChI=1S/C31H27O9PS/c1-37-29(32)23-14-16-26(17-15-23)41(28(21-10-6-4-7-11-21)22-12-8-5-9-13-22)40-42(35,36)27-19-24(30(33)38-2)18-25(20-27)31(34)39-3/h4-20,28H,1-3H3. The molecule has 11 heteroatoms. The molecule has 4 aromatic rings. The summed E-state index contributed by atoms with van der Waals surface area (Å²) in [6, 6.07) is 28.2. The number of hydrogen-bond acceptors (Lipinski definition) is 9. The Morgan fingerprint density at radius 1 is 0.595 bits per heavy atom. The van der Waals surface area contributed by atoms with Gasteiger partial charge in [0.05, 0.1) is 56.7 Å². The molecule has 0 aromatic heterocycles. The summed E-state index contributed by atoms with van der Waals surface area (Å²) in [7, 11) is -3.11. The summed E-state index contributed by atoms with van der Waals surface area (Å²) in [4.78, 5) is 36.4. The fourth-order valence-electron chi connectivity index (χ4n) is 4.19. The number of ether oxygens (including phenoxy) is 3. The third-order valence-corrected chi connectivity index (χ3v) is 10.3. The van der Waals surface area contributed by atoms with Gasteiger partial charge in [0, 0.05) is 5.30 Å². The van der Waals surface area contributed by atoms with Crippen molar-refractivity contribution in [3.8, 4) is 0 Å². The zero-order valence-electron chi connectivity index (χ0n) is 22.9. The molecule has 0 heterocycles. The summed E-state index contributed by atoms with van der Waals surface area (Å²) >= 11 is 0. The normalized spacial score (nSPS) is 11.9. The van der Waals surface area contributed by atoms with E-state index >= 15 is 0 Å². The van der Waals surface area contributed by atoms with Crippen molar-refractivity contribution < 1.29 is 41.0 Å². The number of esters is 3. The van der Waals surface area contributed by atoms with Crippen molar-refractivity contribution >= 4 is 41.5 Å². The number of rotatable bonds is 10. The first-order valence-electron chi connectivity index (χ1n) is 12.5. The molecule has 4 rings (SSSR count). The number of carbonyl (C=O) groups is 3. The maximum absolute atomic E-state index is 13.9. The van der Waals surface area contributed by atoms with Gasteiger partial charge in [-0.25, -0.2) is 18.4 Å². The van der Waals surface area contributed by atoms with Crippen LogP contribution in [0.3, 0.4) is 0 Å². The fraction of sp³-hybridized carbons (Fsp3) is 0.129. The van der Waals surface area contributed by atoms with Gasteiger partial charge >= 0.3 is 17.9 Å². The Bertz CT molecular complexity index is 1600. The number of benzene rings is 4. The van der Waals surface area contributed by atoms with E-state index in [4.69, 9.17) is 18.2 Å². The summed E-state index contributed by atoms with van der Waals surface area (Å²) in [5, 5.41) is 0.510. The van der Waals surface area contributed by atoms with Crippen LogP contribution < -0.4 is 5.30 Å². The van der Waals surface area contributed by atoms with E-state index in [0.717, 1.165) is 37.5 Å². The average Bonchev–Trinajstić information content (AvgIpc) is 3.04. The van der Waals surface area contributed by atoms with Crippen molar-refractivity contribution in [3.05, 3.63) is 131 Å². The molecule has 0 spiro atoms. The van der Waals surface area contributed by atoms with Crippen LogP contribution in [0.25, 0.3) is 0 Å². The molecular formula is C31H27O9PS. The Morgan fingerprint density at radius 2 is 1.02 bits per heavy atom. The molecule has 0 fully saturated rings. The summed E-state index contributed by atoms with van der Waals surface area (Å²) in [5.74, 6) is -2.23. The van der Waals surface area contributed by atoms with Gasteiger partial charge in [-0.2, -0.15) is 8.42 Å². The first kappa shape index (κ1) is 30.6. The Kier molecular flexibility index (Phi) is 9.85. The molecule has 0 aliphatic rings. The molecule has 0 aliphatic heterocycles. The van der Waals surface area contributed by atoms with Gasteiger partial charge in [0.2, 0.25) is 0 Å². The molecular weight excluding hydrogens is 579 g/mol. The topological polar surface area (TPSA) is 122 Å². The summed E-state index contributed by atoms with van der Waals surface area (Å²) in [6.45, 7) is 0. The van der Waals surface area contributed by atoms with Gasteiger partial charge in [-0.05, 0) is 41.5 Å². The predicted molar refractivity (Wildman–Crippen MR) is 156 cm³/mol. The van der Waals surface area contributed by atoms with Crippen LogP contribution in [0.5, 0.6) is 0 Å². The third-order valence-electron chi connectivity index (χ3n) is 6.22. The fourth-order valence-corrected chi connectivity index (χ4v) is 8.24. The second-order valence-electron chi connectivity index (χ2n) is 8.85. The summed E-state index contributed by atoms with van der Waals surface area (Å²) < 4.78 is 48.3. The van der Waals surface area contributed by atoms with Gasteiger partial charge in [0.1, 0.15) is 0 Å². The largest absolute Gasteiger partial charge is 0.465 e. The Labute approximate surface area is 245 Å². The molecule has 42 heavy (non-hydrogen) atoms. The van der Waals surface area contributed by atoms with E-state index in [1.165, 1.54) is 25.3 Å². The van der Waals surface area contributed by atoms with Gasteiger partial charge < -0.3 is 14.2 Å². The van der Waals surface area contributed by atoms with Gasteiger partial charge in [-0.15, -0.1) is 0 Å². The maximum atomic E-state index is 13.9. The zero-order chi connectivity index (χ0) is 30.3. The first-order valence-corrected chi connectivity index (χ1v) is 15.3. The number of carbonyl (C=O) groups excluding carboxylic acids is 3. The highest BCUT2D eigenvalue weighted by molar-refractivity contribution is 7.92. The van der Waals surface area contributed by atoms with Crippen LogP contribution in [0.15, 0.2) is 108 Å². The Morgan fingerprint density at radius 3 is 1.45 bits per heavy atom. The maximum Gasteiger partial charge on any atom is 0.337 e. The predicted octanol–water partition coefficient (Wildman–Crippen LogP) is 5.26. The van der Waals surface area contributed by atoms with Crippen molar-refractivity contribution in [1.82, 2.24) is 0 Å². The van der Waals surface area contributed by atoms with Crippen molar-refractivity contribution in [1.29, 1.82) is 0 Å². The van der Waals surface area contributed by atoms with Gasteiger partial charge in [0.15, 0.2) is 0 Å². The molecule has 216 valence electrons. The van der Waals surface area contributed by atoms with Crippen LogP contribution in [-0.4, -0.2) is 47.7 Å². The lowest BCUT2D eigenvalue weighted by atomic mass is 10.0. The minimum Gasteiger partial charge on any atom is -0.465 e. The highest BCUT2D eigenvalue weighted by Crippen LogP contribution is 2.56. The minimum atomic E-state index is -4.61. The van der Waals surface area contributed by atoms with Crippen LogP contribution in [0, 0.1) is 0 Å². The second kappa shape index (κ2) is 13.5. The smallest absolute Gasteiger partial charge is 0.337 e. The second-order valence-corrected chi connectivity index (χ2v) is 12.5. The Hall–Kier alpha value is -4.37. The first-order chi connectivity index (χ1) is 20.2. The van der Waals surface area contributed by atoms with Gasteiger partial charge in [-0.1, -0.05) is 72.8 Å². The van der Waals surface area contributed by atoms with E-state index in [0.29, 0.717) is 5.30 Å².